The average molecular weight is 419 g/mol. The number of hydrogen-bond acceptors (Lipinski definition) is 4. The Balaban J connectivity index is 2.51. The fraction of sp³-hybridized carbons (Fsp3) is 0.500. The topological polar surface area (TPSA) is 64.6 Å². The molecular formula is C16H22INO4. The molecular weight excluding hydrogens is 397 g/mol. The first kappa shape index (κ1) is 18.7. The average Bonchev–Trinajstić information content (AvgIpc) is 2.44. The van der Waals surface area contributed by atoms with Gasteiger partial charge in [-0.1, -0.05) is 52.9 Å². The second-order valence-corrected chi connectivity index (χ2v) is 6.85. The number of halogens is 1. The molecule has 0 saturated carbocycles. The van der Waals surface area contributed by atoms with Gasteiger partial charge in [-0.25, -0.2) is 9.59 Å². The molecule has 122 valence electrons. The van der Waals surface area contributed by atoms with Crippen molar-refractivity contribution in [3.05, 3.63) is 35.9 Å². The molecule has 1 amide bonds. The zero-order valence-corrected chi connectivity index (χ0v) is 15.3. The largest absolute Gasteiger partial charge is 0.458 e. The Bertz CT molecular complexity index is 485. The van der Waals surface area contributed by atoms with E-state index in [1.54, 1.807) is 20.8 Å². The van der Waals surface area contributed by atoms with E-state index in [2.05, 4.69) is 27.9 Å². The van der Waals surface area contributed by atoms with Crippen LogP contribution in [0.5, 0.6) is 0 Å². The maximum absolute atomic E-state index is 12.1. The SMILES string of the molecule is CC(C)(C)OC(=O)C(CCI)NC(=O)OCc1ccccc1. The molecule has 0 aliphatic rings. The molecule has 0 fully saturated rings. The molecule has 0 aromatic heterocycles. The second-order valence-electron chi connectivity index (χ2n) is 5.77. The summed E-state index contributed by atoms with van der Waals surface area (Å²) >= 11 is 2.15. The number of amides is 1. The first-order chi connectivity index (χ1) is 10.3. The van der Waals surface area contributed by atoms with Gasteiger partial charge >= 0.3 is 12.1 Å². The molecule has 0 bridgehead atoms. The van der Waals surface area contributed by atoms with Crippen molar-refractivity contribution in [1.29, 1.82) is 0 Å². The number of hydrogen-bond donors (Lipinski definition) is 1. The number of nitrogens with one attached hydrogen (secondary N) is 1. The van der Waals surface area contributed by atoms with E-state index < -0.39 is 23.7 Å². The van der Waals surface area contributed by atoms with E-state index in [4.69, 9.17) is 9.47 Å². The summed E-state index contributed by atoms with van der Waals surface area (Å²) in [5.41, 5.74) is 0.302. The monoisotopic (exact) mass is 419 g/mol. The Labute approximate surface area is 144 Å². The number of carbonyl (C=O) groups is 2. The van der Waals surface area contributed by atoms with Crippen LogP contribution in [0.2, 0.25) is 0 Å². The third kappa shape index (κ3) is 7.63. The summed E-state index contributed by atoms with van der Waals surface area (Å²) in [6.07, 6.45) is -0.125. The van der Waals surface area contributed by atoms with Gasteiger partial charge < -0.3 is 14.8 Å². The predicted molar refractivity (Wildman–Crippen MR) is 92.9 cm³/mol. The number of ether oxygens (including phenoxy) is 2. The van der Waals surface area contributed by atoms with Gasteiger partial charge in [-0.05, 0) is 32.8 Å². The molecule has 1 N–H and O–H groups in total. The van der Waals surface area contributed by atoms with Crippen molar-refractivity contribution in [3.8, 4) is 0 Å². The van der Waals surface area contributed by atoms with Gasteiger partial charge in [0.25, 0.3) is 0 Å². The van der Waals surface area contributed by atoms with Gasteiger partial charge in [0.05, 0.1) is 0 Å². The summed E-state index contributed by atoms with van der Waals surface area (Å²) in [5.74, 6) is -0.444. The van der Waals surface area contributed by atoms with Gasteiger partial charge in [0.1, 0.15) is 18.2 Å². The highest BCUT2D eigenvalue weighted by Gasteiger charge is 2.26. The van der Waals surface area contributed by atoms with Crippen LogP contribution < -0.4 is 5.32 Å². The van der Waals surface area contributed by atoms with Crippen molar-refractivity contribution in [2.75, 3.05) is 4.43 Å². The molecule has 1 atom stereocenters. The zero-order valence-electron chi connectivity index (χ0n) is 13.1. The quantitative estimate of drug-likeness (QED) is 0.436. The molecule has 0 aliphatic heterocycles. The van der Waals surface area contributed by atoms with Crippen LogP contribution in [0.4, 0.5) is 4.79 Å². The van der Waals surface area contributed by atoms with Crippen molar-refractivity contribution >= 4 is 34.7 Å². The second kappa shape index (κ2) is 8.97. The van der Waals surface area contributed by atoms with Crippen molar-refractivity contribution < 1.29 is 19.1 Å². The van der Waals surface area contributed by atoms with Gasteiger partial charge in [-0.2, -0.15) is 0 Å². The van der Waals surface area contributed by atoms with E-state index in [1.807, 2.05) is 30.3 Å². The number of esters is 1. The maximum atomic E-state index is 12.1. The highest BCUT2D eigenvalue weighted by atomic mass is 127. The molecule has 1 unspecified atom stereocenters. The molecule has 1 aromatic carbocycles. The smallest absolute Gasteiger partial charge is 0.408 e. The predicted octanol–water partition coefficient (Wildman–Crippen LogP) is 3.45. The number of carbonyl (C=O) groups excluding carboxylic acids is 2. The van der Waals surface area contributed by atoms with Crippen molar-refractivity contribution in [2.45, 2.75) is 45.4 Å². The highest BCUT2D eigenvalue weighted by molar-refractivity contribution is 14.1. The van der Waals surface area contributed by atoms with E-state index in [-0.39, 0.29) is 6.61 Å². The molecule has 0 radical (unpaired) electrons. The summed E-state index contributed by atoms with van der Waals surface area (Å²) in [4.78, 5) is 23.9. The van der Waals surface area contributed by atoms with Gasteiger partial charge in [0, 0.05) is 4.43 Å². The molecule has 22 heavy (non-hydrogen) atoms. The normalized spacial score (nSPS) is 12.4. The molecule has 0 spiro atoms. The molecule has 5 nitrogen and oxygen atoms in total. The maximum Gasteiger partial charge on any atom is 0.408 e. The Kier molecular flexibility index (Phi) is 7.64. The van der Waals surface area contributed by atoms with Crippen molar-refractivity contribution in [1.82, 2.24) is 5.32 Å². The fourth-order valence-corrected chi connectivity index (χ4v) is 2.26. The number of benzene rings is 1. The van der Waals surface area contributed by atoms with Crippen LogP contribution in [0.1, 0.15) is 32.8 Å². The Morgan fingerprint density at radius 2 is 1.86 bits per heavy atom. The minimum Gasteiger partial charge on any atom is -0.458 e. The summed E-state index contributed by atoms with van der Waals surface area (Å²) in [6, 6.07) is 8.67. The van der Waals surface area contributed by atoms with Crippen LogP contribution in [0, 0.1) is 0 Å². The lowest BCUT2D eigenvalue weighted by atomic mass is 10.1. The summed E-state index contributed by atoms with van der Waals surface area (Å²) in [5, 5.41) is 2.57. The van der Waals surface area contributed by atoms with Gasteiger partial charge in [0.2, 0.25) is 0 Å². The summed E-state index contributed by atoms with van der Waals surface area (Å²) < 4.78 is 11.2. The van der Waals surface area contributed by atoms with Crippen molar-refractivity contribution in [2.24, 2.45) is 0 Å². The van der Waals surface area contributed by atoms with Crippen LogP contribution >= 0.6 is 22.6 Å². The third-order valence-corrected chi connectivity index (χ3v) is 3.22. The van der Waals surface area contributed by atoms with Crippen molar-refractivity contribution in [3.63, 3.8) is 0 Å². The Hall–Kier alpha value is -1.31. The molecule has 6 heteroatoms. The summed E-state index contributed by atoms with van der Waals surface area (Å²) in [6.45, 7) is 5.54. The summed E-state index contributed by atoms with van der Waals surface area (Å²) in [7, 11) is 0. The van der Waals surface area contributed by atoms with E-state index in [9.17, 15) is 9.59 Å². The zero-order chi connectivity index (χ0) is 16.6. The van der Waals surface area contributed by atoms with Gasteiger partial charge in [-0.3, -0.25) is 0 Å². The first-order valence-corrected chi connectivity index (χ1v) is 8.60. The van der Waals surface area contributed by atoms with E-state index in [1.165, 1.54) is 0 Å². The highest BCUT2D eigenvalue weighted by Crippen LogP contribution is 2.11. The first-order valence-electron chi connectivity index (χ1n) is 7.08. The lowest BCUT2D eigenvalue weighted by Crippen LogP contribution is -2.44. The Morgan fingerprint density at radius 3 is 2.41 bits per heavy atom. The molecule has 1 aromatic rings. The number of rotatable bonds is 6. The van der Waals surface area contributed by atoms with E-state index in [0.717, 1.165) is 9.99 Å². The standard InChI is InChI=1S/C16H22INO4/c1-16(2,3)22-14(19)13(9-10-17)18-15(20)21-11-12-7-5-4-6-8-12/h4-8,13H,9-11H2,1-3H3,(H,18,20). The molecule has 0 aliphatic carbocycles. The number of alkyl halides is 1. The minimum absolute atomic E-state index is 0.165. The molecule has 1 rings (SSSR count). The third-order valence-electron chi connectivity index (χ3n) is 2.59. The van der Waals surface area contributed by atoms with Crippen LogP contribution in [-0.4, -0.2) is 28.1 Å². The van der Waals surface area contributed by atoms with Crippen LogP contribution in [0.15, 0.2) is 30.3 Å². The Morgan fingerprint density at radius 1 is 1.23 bits per heavy atom. The minimum atomic E-state index is -0.695. The van der Waals surface area contributed by atoms with Crippen LogP contribution in [-0.2, 0) is 20.9 Å². The van der Waals surface area contributed by atoms with Crippen LogP contribution in [0.3, 0.4) is 0 Å². The molecule has 0 heterocycles. The van der Waals surface area contributed by atoms with Gasteiger partial charge in [-0.15, -0.1) is 0 Å². The molecule has 0 saturated heterocycles. The van der Waals surface area contributed by atoms with E-state index in [0.29, 0.717) is 6.42 Å². The van der Waals surface area contributed by atoms with E-state index >= 15 is 0 Å². The van der Waals surface area contributed by atoms with Crippen LogP contribution in [0.25, 0.3) is 0 Å². The van der Waals surface area contributed by atoms with Gasteiger partial charge in [0.15, 0.2) is 0 Å². The fourth-order valence-electron chi connectivity index (χ4n) is 1.64. The lowest BCUT2D eigenvalue weighted by Gasteiger charge is -2.24. The lowest BCUT2D eigenvalue weighted by molar-refractivity contribution is -0.157. The number of alkyl carbamates (subject to hydrolysis) is 1.